The molecule has 2 unspecified atom stereocenters. The highest BCUT2D eigenvalue weighted by Gasteiger charge is 2.86. The zero-order chi connectivity index (χ0) is 18.7. The topological polar surface area (TPSA) is 73.8 Å². The van der Waals surface area contributed by atoms with Crippen molar-refractivity contribution in [1.29, 1.82) is 0 Å². The second kappa shape index (κ2) is 6.49. The van der Waals surface area contributed by atoms with Gasteiger partial charge in [-0.05, 0) is 52.4 Å². The first-order chi connectivity index (χ1) is 10.5. The molecule has 8 nitrogen and oxygen atoms in total. The summed E-state index contributed by atoms with van der Waals surface area (Å²) in [5.41, 5.74) is 0. The molecule has 15 heteroatoms. The summed E-state index contributed by atoms with van der Waals surface area (Å²) < 4.78 is 48.1. The quantitative estimate of drug-likeness (QED) is 0.420. The van der Waals surface area contributed by atoms with Gasteiger partial charge in [-0.2, -0.15) is 0 Å². The molecule has 0 spiro atoms. The van der Waals surface area contributed by atoms with E-state index in [4.69, 9.17) is 33.2 Å². The number of hydrogen-bond donors (Lipinski definition) is 0. The van der Waals surface area contributed by atoms with E-state index >= 15 is 0 Å². The molecule has 0 aromatic rings. The molecule has 0 aliphatic carbocycles. The first kappa shape index (κ1) is 21.7. The van der Waals surface area contributed by atoms with Crippen LogP contribution in [0.15, 0.2) is 0 Å². The van der Waals surface area contributed by atoms with Crippen LogP contribution in [0.25, 0.3) is 0 Å². The SMILES string of the molecule is CO[Si]1(O[Si](C)(C)C)O[Si]2(O[Si](C)(C)C)O[Si](O[Si](C)(C)P)(O1)O2. The predicted octanol–water partition coefficient (Wildman–Crippen LogP) is 2.33. The molecule has 2 atom stereocenters. The lowest BCUT2D eigenvalue weighted by atomic mass is 11.8. The largest absolute Gasteiger partial charge is 0.657 e. The Balaban J connectivity index is 2.31. The monoisotopic (exact) mass is 464 g/mol. The Morgan fingerprint density at radius 2 is 1.08 bits per heavy atom. The van der Waals surface area contributed by atoms with Gasteiger partial charge in [-0.3, -0.25) is 0 Å². The van der Waals surface area contributed by atoms with Crippen molar-refractivity contribution in [2.45, 2.75) is 52.4 Å². The highest BCUT2D eigenvalue weighted by atomic mass is 31.3. The van der Waals surface area contributed by atoms with Crippen LogP contribution < -0.4 is 0 Å². The molecule has 0 radical (unpaired) electrons. The third-order valence-electron chi connectivity index (χ3n) is 2.50. The van der Waals surface area contributed by atoms with Crippen LogP contribution in [-0.2, 0) is 33.2 Å². The lowest BCUT2D eigenvalue weighted by Gasteiger charge is -2.57. The summed E-state index contributed by atoms with van der Waals surface area (Å²) in [4.78, 5) is 0. The van der Waals surface area contributed by atoms with Crippen LogP contribution in [0, 0.1) is 0 Å². The summed E-state index contributed by atoms with van der Waals surface area (Å²) in [6.45, 7) is 16.3. The Morgan fingerprint density at radius 3 is 1.42 bits per heavy atom. The molecule has 3 heterocycles. The van der Waals surface area contributed by atoms with Crippen molar-refractivity contribution >= 4 is 60.6 Å². The molecule has 0 aromatic carbocycles. The van der Waals surface area contributed by atoms with Crippen molar-refractivity contribution in [1.82, 2.24) is 0 Å². The Hall–Kier alpha value is 1.41. The minimum atomic E-state index is -3.43. The van der Waals surface area contributed by atoms with Gasteiger partial charge in [0.25, 0.3) is 0 Å². The van der Waals surface area contributed by atoms with E-state index in [-0.39, 0.29) is 0 Å². The van der Waals surface area contributed by atoms with E-state index in [1.165, 1.54) is 7.11 Å². The van der Waals surface area contributed by atoms with Gasteiger partial charge in [-0.1, -0.05) is 0 Å². The van der Waals surface area contributed by atoms with E-state index in [9.17, 15) is 0 Å². The molecule has 3 aliphatic rings. The summed E-state index contributed by atoms with van der Waals surface area (Å²) in [6, 6.07) is 0. The molecule has 3 saturated heterocycles. The lowest BCUT2D eigenvalue weighted by molar-refractivity contribution is -0.110. The van der Waals surface area contributed by atoms with Crippen LogP contribution in [0.1, 0.15) is 0 Å². The van der Waals surface area contributed by atoms with Crippen molar-refractivity contribution in [3.63, 3.8) is 0 Å². The summed E-state index contributed by atoms with van der Waals surface area (Å²) in [7, 11) is -11.9. The van der Waals surface area contributed by atoms with E-state index < -0.39 is 51.8 Å². The fraction of sp³-hybridized carbons (Fsp3) is 1.00. The van der Waals surface area contributed by atoms with Gasteiger partial charge in [0.15, 0.2) is 16.6 Å². The second-order valence-electron chi connectivity index (χ2n) is 8.25. The average molecular weight is 465 g/mol. The van der Waals surface area contributed by atoms with Gasteiger partial charge in [0, 0.05) is 7.11 Å². The fourth-order valence-corrected chi connectivity index (χ4v) is 25.0. The molecule has 0 N–H and O–H groups in total. The molecule has 0 amide bonds. The molecule has 0 aromatic heterocycles. The maximum atomic E-state index is 6.18. The molecule has 24 heavy (non-hydrogen) atoms. The first-order valence-corrected chi connectivity index (χ1v) is 24.2. The summed E-state index contributed by atoms with van der Waals surface area (Å²) in [5, 5.41) is 0. The maximum Gasteiger partial charge on any atom is 0.657 e. The maximum absolute atomic E-state index is 6.18. The molecule has 142 valence electrons. The molecular formula is C9H29O8PSi6. The zero-order valence-electron chi connectivity index (χ0n) is 15.8. The molecule has 3 aliphatic heterocycles. The van der Waals surface area contributed by atoms with Crippen LogP contribution in [0.2, 0.25) is 52.4 Å². The summed E-state index contributed by atoms with van der Waals surface area (Å²) in [6.07, 6.45) is 0. The Kier molecular flexibility index (Phi) is 5.87. The van der Waals surface area contributed by atoms with E-state index in [0.717, 1.165) is 0 Å². The van der Waals surface area contributed by atoms with E-state index in [2.05, 4.69) is 8.79 Å². The first-order valence-electron chi connectivity index (χ1n) is 7.76. The van der Waals surface area contributed by atoms with E-state index in [1.807, 2.05) is 52.4 Å². The van der Waals surface area contributed by atoms with Gasteiger partial charge >= 0.3 is 27.1 Å². The van der Waals surface area contributed by atoms with Crippen molar-refractivity contribution in [3.05, 3.63) is 0 Å². The fourth-order valence-electron chi connectivity index (χ4n) is 2.09. The highest BCUT2D eigenvalue weighted by molar-refractivity contribution is 7.67. The highest BCUT2D eigenvalue weighted by Crippen LogP contribution is 2.47. The molecule has 3 rings (SSSR count). The summed E-state index contributed by atoms with van der Waals surface area (Å²) in [5.74, 6) is 0. The standard InChI is InChI=1S/C9H29O8PSi6/c1-10-22(11-19(2,3)4)14-23(12-20(5,6)7)16-24(15-22,17-23)13-21(8,9)18/h18H2,1-9H3. The Morgan fingerprint density at radius 1 is 0.667 bits per heavy atom. The summed E-state index contributed by atoms with van der Waals surface area (Å²) >= 11 is 0. The van der Waals surface area contributed by atoms with Gasteiger partial charge in [-0.25, -0.2) is 0 Å². The third-order valence-corrected chi connectivity index (χ3v) is 22.1. The minimum absolute atomic E-state index is 1.53. The number of hydrogen-bond acceptors (Lipinski definition) is 8. The predicted molar refractivity (Wildman–Crippen MR) is 106 cm³/mol. The molecule has 0 saturated carbocycles. The number of rotatable bonds is 7. The van der Waals surface area contributed by atoms with Gasteiger partial charge in [0.2, 0.25) is 7.98 Å². The third kappa shape index (κ3) is 5.46. The smallest absolute Gasteiger partial charge is 0.396 e. The normalized spacial score (nSPS) is 37.2. The second-order valence-corrected chi connectivity index (χ2v) is 33.2. The van der Waals surface area contributed by atoms with Crippen LogP contribution in [-0.4, -0.2) is 58.9 Å². The van der Waals surface area contributed by atoms with Crippen molar-refractivity contribution in [2.75, 3.05) is 7.11 Å². The van der Waals surface area contributed by atoms with Gasteiger partial charge in [0.05, 0.1) is 0 Å². The van der Waals surface area contributed by atoms with Crippen LogP contribution in [0.3, 0.4) is 0 Å². The minimum Gasteiger partial charge on any atom is -0.396 e. The van der Waals surface area contributed by atoms with Crippen molar-refractivity contribution in [3.8, 4) is 0 Å². The Bertz CT molecular complexity index is 452. The molecule has 3 fully saturated rings. The Labute approximate surface area is 153 Å². The van der Waals surface area contributed by atoms with Gasteiger partial charge < -0.3 is 33.2 Å². The van der Waals surface area contributed by atoms with Crippen molar-refractivity contribution in [2.24, 2.45) is 0 Å². The molecular weight excluding hydrogens is 436 g/mol. The lowest BCUT2D eigenvalue weighted by Crippen LogP contribution is -2.88. The zero-order valence-corrected chi connectivity index (χ0v) is 23.0. The van der Waals surface area contributed by atoms with Gasteiger partial charge in [0.1, 0.15) is 0 Å². The van der Waals surface area contributed by atoms with E-state index in [1.54, 1.807) is 0 Å². The van der Waals surface area contributed by atoms with Gasteiger partial charge in [-0.15, -0.1) is 8.79 Å². The van der Waals surface area contributed by atoms with E-state index in [0.29, 0.717) is 0 Å². The average Bonchev–Trinajstić information content (AvgIpc) is 2.18. The van der Waals surface area contributed by atoms with Crippen LogP contribution >= 0.6 is 8.79 Å². The van der Waals surface area contributed by atoms with Crippen molar-refractivity contribution < 1.29 is 33.2 Å². The molecule has 2 bridgehead atoms. The number of fused-ring (bicyclic) bond motifs is 2. The van der Waals surface area contributed by atoms with Crippen LogP contribution in [0.4, 0.5) is 0 Å². The van der Waals surface area contributed by atoms with Crippen LogP contribution in [0.5, 0.6) is 0 Å².